The van der Waals surface area contributed by atoms with E-state index in [9.17, 15) is 4.79 Å². The van der Waals surface area contributed by atoms with Crippen molar-refractivity contribution >= 4 is 5.91 Å². The van der Waals surface area contributed by atoms with Gasteiger partial charge in [0.05, 0.1) is 5.69 Å². The Morgan fingerprint density at radius 3 is 2.45 bits per heavy atom. The van der Waals surface area contributed by atoms with E-state index in [0.717, 1.165) is 47.6 Å². The highest BCUT2D eigenvalue weighted by molar-refractivity contribution is 5.94. The lowest BCUT2D eigenvalue weighted by molar-refractivity contribution is 0.0706. The fourth-order valence-electron chi connectivity index (χ4n) is 4.23. The Balaban J connectivity index is 1.58. The summed E-state index contributed by atoms with van der Waals surface area (Å²) in [4.78, 5) is 28.6. The number of carbonyl (C=O) groups excluding carboxylic acids is 1. The minimum Gasteiger partial charge on any atom is -0.338 e. The molecule has 1 aromatic carbocycles. The van der Waals surface area contributed by atoms with Crippen LogP contribution in [0.25, 0.3) is 11.1 Å². The largest absolute Gasteiger partial charge is 0.338 e. The van der Waals surface area contributed by atoms with Crippen LogP contribution in [0.4, 0.5) is 0 Å². The molecule has 5 heteroatoms. The van der Waals surface area contributed by atoms with Crippen molar-refractivity contribution in [3.8, 4) is 11.1 Å². The van der Waals surface area contributed by atoms with Gasteiger partial charge in [0.1, 0.15) is 5.82 Å². The van der Waals surface area contributed by atoms with Crippen LogP contribution < -0.4 is 0 Å². The van der Waals surface area contributed by atoms with Gasteiger partial charge in [0.25, 0.3) is 5.91 Å². The Bertz CT molecular complexity index is 1060. The third kappa shape index (κ3) is 4.66. The fourth-order valence-corrected chi connectivity index (χ4v) is 4.23. The topological polar surface area (TPSA) is 59.0 Å². The maximum absolute atomic E-state index is 13.2. The van der Waals surface area contributed by atoms with Gasteiger partial charge in [0.15, 0.2) is 0 Å². The molecule has 3 heterocycles. The van der Waals surface area contributed by atoms with Gasteiger partial charge < -0.3 is 4.90 Å². The molecule has 0 radical (unpaired) electrons. The Hall–Kier alpha value is -3.08. The summed E-state index contributed by atoms with van der Waals surface area (Å²) in [5.41, 5.74) is 5.18. The number of rotatable bonds is 3. The first-order valence-electron chi connectivity index (χ1n) is 11.0. The van der Waals surface area contributed by atoms with Gasteiger partial charge in [0.2, 0.25) is 0 Å². The van der Waals surface area contributed by atoms with Crippen molar-refractivity contribution in [1.82, 2.24) is 19.9 Å². The van der Waals surface area contributed by atoms with E-state index in [1.807, 2.05) is 42.3 Å². The summed E-state index contributed by atoms with van der Waals surface area (Å²) >= 11 is 0. The van der Waals surface area contributed by atoms with E-state index in [-0.39, 0.29) is 17.2 Å². The summed E-state index contributed by atoms with van der Waals surface area (Å²) in [6.07, 6.45) is 7.46. The summed E-state index contributed by atoms with van der Waals surface area (Å²) in [6.45, 7) is 9.93. The van der Waals surface area contributed by atoms with Crippen LogP contribution in [0.5, 0.6) is 0 Å². The molecule has 0 aliphatic carbocycles. The van der Waals surface area contributed by atoms with E-state index < -0.39 is 0 Å². The number of aromatic nitrogens is 3. The first-order valence-corrected chi connectivity index (χ1v) is 11.0. The molecule has 5 nitrogen and oxygen atoms in total. The molecule has 0 saturated carbocycles. The van der Waals surface area contributed by atoms with Crippen molar-refractivity contribution in [3.05, 3.63) is 77.6 Å². The molecule has 4 rings (SSSR count). The van der Waals surface area contributed by atoms with Crippen molar-refractivity contribution in [1.29, 1.82) is 0 Å². The van der Waals surface area contributed by atoms with Crippen LogP contribution in [0.1, 0.15) is 67.0 Å². The zero-order chi connectivity index (χ0) is 22.0. The number of aryl methyl sites for hydroxylation is 1. The van der Waals surface area contributed by atoms with Crippen LogP contribution in [0.15, 0.2) is 55.0 Å². The Kier molecular flexibility index (Phi) is 5.86. The third-order valence-corrected chi connectivity index (χ3v) is 6.02. The SMILES string of the molecule is Cc1ncc(-c2ccncc2)c(C2CCCN(C(=O)c3ccc(C(C)(C)C)cc3)C2)n1. The molecule has 1 amide bonds. The second-order valence-corrected chi connectivity index (χ2v) is 9.37. The van der Waals surface area contributed by atoms with Crippen molar-refractivity contribution in [2.24, 2.45) is 0 Å². The highest BCUT2D eigenvalue weighted by Crippen LogP contribution is 2.33. The number of likely N-dealkylation sites (tertiary alicyclic amines) is 1. The highest BCUT2D eigenvalue weighted by atomic mass is 16.2. The van der Waals surface area contributed by atoms with Gasteiger partial charge in [-0.15, -0.1) is 0 Å². The molecule has 1 atom stereocenters. The Morgan fingerprint density at radius 2 is 1.77 bits per heavy atom. The lowest BCUT2D eigenvalue weighted by atomic mass is 9.86. The second kappa shape index (κ2) is 8.58. The highest BCUT2D eigenvalue weighted by Gasteiger charge is 2.28. The van der Waals surface area contributed by atoms with Gasteiger partial charge in [-0.05, 0) is 60.6 Å². The number of benzene rings is 1. The van der Waals surface area contributed by atoms with Gasteiger partial charge in [-0.3, -0.25) is 9.78 Å². The van der Waals surface area contributed by atoms with E-state index in [2.05, 4.69) is 42.9 Å². The normalized spacial score (nSPS) is 16.9. The molecular formula is C26H30N4O. The van der Waals surface area contributed by atoms with Gasteiger partial charge >= 0.3 is 0 Å². The Labute approximate surface area is 184 Å². The molecule has 1 aliphatic heterocycles. The molecule has 1 saturated heterocycles. The van der Waals surface area contributed by atoms with E-state index in [1.165, 1.54) is 5.56 Å². The number of nitrogens with zero attached hydrogens (tertiary/aromatic N) is 4. The van der Waals surface area contributed by atoms with E-state index in [0.29, 0.717) is 6.54 Å². The number of piperidine rings is 1. The summed E-state index contributed by atoms with van der Waals surface area (Å²) in [5.74, 6) is 1.05. The van der Waals surface area contributed by atoms with Gasteiger partial charge in [-0.25, -0.2) is 9.97 Å². The lowest BCUT2D eigenvalue weighted by Gasteiger charge is -2.33. The lowest BCUT2D eigenvalue weighted by Crippen LogP contribution is -2.39. The molecule has 31 heavy (non-hydrogen) atoms. The van der Waals surface area contributed by atoms with Crippen LogP contribution in [0.3, 0.4) is 0 Å². The summed E-state index contributed by atoms with van der Waals surface area (Å²) in [5, 5.41) is 0. The molecule has 2 aromatic heterocycles. The van der Waals surface area contributed by atoms with Crippen LogP contribution >= 0.6 is 0 Å². The first-order chi connectivity index (χ1) is 14.8. The molecule has 0 bridgehead atoms. The summed E-state index contributed by atoms with van der Waals surface area (Å²) in [7, 11) is 0. The minimum atomic E-state index is 0.0754. The minimum absolute atomic E-state index is 0.0754. The molecule has 1 fully saturated rings. The van der Waals surface area contributed by atoms with Crippen LogP contribution in [-0.4, -0.2) is 38.8 Å². The predicted octanol–water partition coefficient (Wildman–Crippen LogP) is 5.16. The van der Waals surface area contributed by atoms with Crippen molar-refractivity contribution in [2.75, 3.05) is 13.1 Å². The maximum Gasteiger partial charge on any atom is 0.253 e. The van der Waals surface area contributed by atoms with Crippen LogP contribution in [0.2, 0.25) is 0 Å². The third-order valence-electron chi connectivity index (χ3n) is 6.02. The van der Waals surface area contributed by atoms with Crippen molar-refractivity contribution < 1.29 is 4.79 Å². The second-order valence-electron chi connectivity index (χ2n) is 9.37. The molecule has 0 N–H and O–H groups in total. The number of hydrogen-bond donors (Lipinski definition) is 0. The zero-order valence-electron chi connectivity index (χ0n) is 18.8. The monoisotopic (exact) mass is 414 g/mol. The standard InChI is InChI=1S/C26H30N4O/c1-18-28-16-23(19-11-13-27-14-12-19)24(29-18)21-6-5-15-30(17-21)25(31)20-7-9-22(10-8-20)26(2,3)4/h7-14,16,21H,5-6,15,17H2,1-4H3. The number of carbonyl (C=O) groups is 1. The number of amides is 1. The zero-order valence-corrected chi connectivity index (χ0v) is 18.8. The van der Waals surface area contributed by atoms with Crippen molar-refractivity contribution in [3.63, 3.8) is 0 Å². The van der Waals surface area contributed by atoms with E-state index in [1.54, 1.807) is 12.4 Å². The van der Waals surface area contributed by atoms with Gasteiger partial charge in [0, 0.05) is 48.7 Å². The molecule has 0 spiro atoms. The maximum atomic E-state index is 13.2. The average molecular weight is 415 g/mol. The van der Waals surface area contributed by atoms with Crippen LogP contribution in [-0.2, 0) is 5.41 Å². The smallest absolute Gasteiger partial charge is 0.253 e. The number of pyridine rings is 1. The molecule has 160 valence electrons. The van der Waals surface area contributed by atoms with E-state index >= 15 is 0 Å². The van der Waals surface area contributed by atoms with E-state index in [4.69, 9.17) is 4.98 Å². The first kappa shape index (κ1) is 21.2. The molecular weight excluding hydrogens is 384 g/mol. The number of hydrogen-bond acceptors (Lipinski definition) is 4. The Morgan fingerprint density at radius 1 is 1.06 bits per heavy atom. The van der Waals surface area contributed by atoms with Gasteiger partial charge in [-0.1, -0.05) is 32.9 Å². The molecule has 1 unspecified atom stereocenters. The average Bonchev–Trinajstić information content (AvgIpc) is 2.79. The van der Waals surface area contributed by atoms with Gasteiger partial charge in [-0.2, -0.15) is 0 Å². The molecule has 3 aromatic rings. The summed E-state index contributed by atoms with van der Waals surface area (Å²) < 4.78 is 0. The van der Waals surface area contributed by atoms with Crippen LogP contribution in [0, 0.1) is 6.92 Å². The van der Waals surface area contributed by atoms with Crippen molar-refractivity contribution in [2.45, 2.75) is 51.9 Å². The predicted molar refractivity (Wildman–Crippen MR) is 123 cm³/mol. The quantitative estimate of drug-likeness (QED) is 0.594. The summed E-state index contributed by atoms with van der Waals surface area (Å²) in [6, 6.07) is 12.0. The molecule has 1 aliphatic rings. The fraction of sp³-hybridized carbons (Fsp3) is 0.385.